The average Bonchev–Trinajstić information content (AvgIpc) is 3.10. The fraction of sp³-hybridized carbons (Fsp3) is 0.333. The largest absolute Gasteiger partial charge is 0.383 e. The van der Waals surface area contributed by atoms with E-state index < -0.39 is 15.9 Å². The summed E-state index contributed by atoms with van der Waals surface area (Å²) in [4.78, 5) is 11.7. The first-order valence-electron chi connectivity index (χ1n) is 8.61. The van der Waals surface area contributed by atoms with Crippen LogP contribution in [0.5, 0.6) is 0 Å². The van der Waals surface area contributed by atoms with Gasteiger partial charge < -0.3 is 14.7 Å². The Bertz CT molecular complexity index is 1110. The van der Waals surface area contributed by atoms with Crippen molar-refractivity contribution in [1.82, 2.24) is 9.97 Å². The summed E-state index contributed by atoms with van der Waals surface area (Å²) in [5.74, 6) is 0.745. The van der Waals surface area contributed by atoms with E-state index >= 15 is 0 Å². The monoisotopic (exact) mass is 439 g/mol. The third kappa shape index (κ3) is 3.85. The lowest BCUT2D eigenvalue weighted by molar-refractivity contribution is 0.122. The van der Waals surface area contributed by atoms with E-state index in [0.29, 0.717) is 42.3 Å². The van der Waals surface area contributed by atoms with Crippen molar-refractivity contribution >= 4 is 48.8 Å². The Morgan fingerprint density at radius 2 is 1.89 bits per heavy atom. The number of morpholine rings is 1. The summed E-state index contributed by atoms with van der Waals surface area (Å²) in [6, 6.07) is 8.03. The molecule has 0 bridgehead atoms. The van der Waals surface area contributed by atoms with Gasteiger partial charge in [-0.05, 0) is 35.4 Å². The number of sulfone groups is 1. The minimum atomic E-state index is -3.28. The molecule has 1 aliphatic rings. The van der Waals surface area contributed by atoms with Crippen LogP contribution in [0.4, 0.5) is 5.82 Å². The van der Waals surface area contributed by atoms with Crippen LogP contribution >= 0.6 is 22.9 Å². The smallest absolute Gasteiger partial charge is 0.224 e. The number of rotatable bonds is 4. The van der Waals surface area contributed by atoms with Gasteiger partial charge in [0.25, 0.3) is 0 Å². The van der Waals surface area contributed by atoms with Crippen molar-refractivity contribution in [2.24, 2.45) is 0 Å². The van der Waals surface area contributed by atoms with Crippen molar-refractivity contribution in [2.75, 3.05) is 37.5 Å². The highest BCUT2D eigenvalue weighted by Gasteiger charge is 2.22. The Labute approximate surface area is 171 Å². The molecule has 148 valence electrons. The Morgan fingerprint density at radius 1 is 1.21 bits per heavy atom. The molecule has 3 heterocycles. The average molecular weight is 440 g/mol. The third-order valence-electron chi connectivity index (χ3n) is 4.55. The van der Waals surface area contributed by atoms with Gasteiger partial charge in [0, 0.05) is 24.2 Å². The van der Waals surface area contributed by atoms with Crippen LogP contribution in [0.2, 0.25) is 5.28 Å². The first kappa shape index (κ1) is 19.5. The van der Waals surface area contributed by atoms with E-state index in [1.54, 1.807) is 18.2 Å². The first-order valence-corrected chi connectivity index (χ1v) is 11.7. The maximum Gasteiger partial charge on any atom is 0.224 e. The summed E-state index contributed by atoms with van der Waals surface area (Å²) in [7, 11) is -3.28. The van der Waals surface area contributed by atoms with Gasteiger partial charge in [-0.1, -0.05) is 12.1 Å². The van der Waals surface area contributed by atoms with E-state index in [0.717, 1.165) is 16.8 Å². The number of halogens is 1. The predicted octanol–water partition coefficient (Wildman–Crippen LogP) is 2.67. The molecule has 4 rings (SSSR count). The van der Waals surface area contributed by atoms with Crippen LogP contribution in [0.25, 0.3) is 10.2 Å². The molecule has 1 N–H and O–H groups in total. The van der Waals surface area contributed by atoms with Crippen molar-refractivity contribution in [1.29, 1.82) is 0 Å². The summed E-state index contributed by atoms with van der Waals surface area (Å²) in [6.07, 6.45) is 0.254. The number of fused-ring (bicyclic) bond motifs is 1. The Kier molecular flexibility index (Phi) is 5.28. The number of anilines is 1. The first-order chi connectivity index (χ1) is 13.3. The molecule has 1 aliphatic heterocycles. The fourth-order valence-electron chi connectivity index (χ4n) is 3.09. The number of aromatic nitrogens is 2. The molecule has 2 aromatic heterocycles. The molecule has 0 saturated carbocycles. The maximum absolute atomic E-state index is 11.6. The quantitative estimate of drug-likeness (QED) is 0.624. The second-order valence-corrected chi connectivity index (χ2v) is 9.96. The predicted molar refractivity (Wildman–Crippen MR) is 109 cm³/mol. The second kappa shape index (κ2) is 7.57. The summed E-state index contributed by atoms with van der Waals surface area (Å²) in [5, 5.41) is 11.0. The molecule has 1 fully saturated rings. The van der Waals surface area contributed by atoms with Crippen LogP contribution in [0.1, 0.15) is 16.5 Å². The zero-order chi connectivity index (χ0) is 19.9. The molecule has 3 aromatic rings. The third-order valence-corrected chi connectivity index (χ3v) is 7.02. The van der Waals surface area contributed by atoms with Crippen LogP contribution < -0.4 is 4.90 Å². The van der Waals surface area contributed by atoms with Gasteiger partial charge in [-0.25, -0.2) is 13.4 Å². The molecule has 1 unspecified atom stereocenters. The maximum atomic E-state index is 11.6. The van der Waals surface area contributed by atoms with Crippen molar-refractivity contribution in [3.05, 3.63) is 46.1 Å². The van der Waals surface area contributed by atoms with Crippen molar-refractivity contribution in [2.45, 2.75) is 11.0 Å². The van der Waals surface area contributed by atoms with Gasteiger partial charge in [-0.15, -0.1) is 11.3 Å². The number of ether oxygens (including phenoxy) is 1. The van der Waals surface area contributed by atoms with Gasteiger partial charge in [0.15, 0.2) is 15.7 Å². The van der Waals surface area contributed by atoms with Crippen LogP contribution in [0, 0.1) is 0 Å². The van der Waals surface area contributed by atoms with Crippen LogP contribution in [-0.2, 0) is 14.6 Å². The summed E-state index contributed by atoms with van der Waals surface area (Å²) >= 11 is 7.52. The zero-order valence-corrected chi connectivity index (χ0v) is 17.4. The lowest BCUT2D eigenvalue weighted by atomic mass is 10.1. The molecule has 0 radical (unpaired) electrons. The molecule has 1 aromatic carbocycles. The minimum absolute atomic E-state index is 0.158. The van der Waals surface area contributed by atoms with E-state index in [2.05, 4.69) is 14.9 Å². The zero-order valence-electron chi connectivity index (χ0n) is 15.0. The summed E-state index contributed by atoms with van der Waals surface area (Å²) < 4.78 is 29.5. The van der Waals surface area contributed by atoms with Gasteiger partial charge in [0.2, 0.25) is 5.28 Å². The van der Waals surface area contributed by atoms with Crippen molar-refractivity contribution in [3.63, 3.8) is 0 Å². The van der Waals surface area contributed by atoms with Gasteiger partial charge >= 0.3 is 0 Å². The molecular weight excluding hydrogens is 422 g/mol. The van der Waals surface area contributed by atoms with Crippen LogP contribution in [0.3, 0.4) is 0 Å². The van der Waals surface area contributed by atoms with Crippen molar-refractivity contribution < 1.29 is 18.3 Å². The van der Waals surface area contributed by atoms with E-state index in [9.17, 15) is 13.5 Å². The van der Waals surface area contributed by atoms with E-state index in [4.69, 9.17) is 16.3 Å². The number of aliphatic hydroxyl groups excluding tert-OH is 1. The van der Waals surface area contributed by atoms with Gasteiger partial charge in [0.1, 0.15) is 6.10 Å². The highest BCUT2D eigenvalue weighted by molar-refractivity contribution is 7.90. The van der Waals surface area contributed by atoms with Gasteiger partial charge in [0.05, 0.1) is 28.3 Å². The molecule has 1 saturated heterocycles. The highest BCUT2D eigenvalue weighted by Crippen LogP contribution is 2.37. The lowest BCUT2D eigenvalue weighted by Crippen LogP contribution is -2.36. The SMILES string of the molecule is CS(=O)(=O)c1ccc(C(O)c2cc3nc(Cl)nc(N4CCOCC4)c3s2)cc1. The van der Waals surface area contributed by atoms with Crippen LogP contribution in [0.15, 0.2) is 35.2 Å². The van der Waals surface area contributed by atoms with Crippen LogP contribution in [-0.4, -0.2) is 56.1 Å². The lowest BCUT2D eigenvalue weighted by Gasteiger charge is -2.28. The Balaban J connectivity index is 1.71. The van der Waals surface area contributed by atoms with Crippen molar-refractivity contribution in [3.8, 4) is 0 Å². The van der Waals surface area contributed by atoms with E-state index in [1.165, 1.54) is 23.5 Å². The topological polar surface area (TPSA) is 92.6 Å². The molecule has 10 heteroatoms. The molecular formula is C18H18ClN3O4S2. The number of nitrogens with zero attached hydrogens (tertiary/aromatic N) is 3. The molecule has 7 nitrogen and oxygen atoms in total. The molecule has 0 aliphatic carbocycles. The number of hydrogen-bond acceptors (Lipinski definition) is 8. The van der Waals surface area contributed by atoms with E-state index in [1.807, 2.05) is 0 Å². The normalized spacial score (nSPS) is 16.5. The number of aliphatic hydroxyl groups is 1. The number of hydrogen-bond donors (Lipinski definition) is 1. The standard InChI is InChI=1S/C18H18ClN3O4S2/c1-28(24,25)12-4-2-11(3-5-12)15(23)14-10-13-16(27-14)17(21-18(19)20-13)22-6-8-26-9-7-22/h2-5,10,15,23H,6-9H2,1H3. The molecule has 0 spiro atoms. The van der Waals surface area contributed by atoms with Gasteiger partial charge in [-0.2, -0.15) is 4.98 Å². The molecule has 28 heavy (non-hydrogen) atoms. The fourth-order valence-corrected chi connectivity index (χ4v) is 5.02. The highest BCUT2D eigenvalue weighted by atomic mass is 35.5. The number of thiophene rings is 1. The molecule has 0 amide bonds. The Hall–Kier alpha value is -1.78. The Morgan fingerprint density at radius 3 is 2.54 bits per heavy atom. The van der Waals surface area contributed by atoms with Gasteiger partial charge in [-0.3, -0.25) is 0 Å². The molecule has 1 atom stereocenters. The summed E-state index contributed by atoms with van der Waals surface area (Å²) in [5.41, 5.74) is 1.28. The van der Waals surface area contributed by atoms with E-state index in [-0.39, 0.29) is 10.2 Å². The second-order valence-electron chi connectivity index (χ2n) is 6.52. The number of benzene rings is 1. The minimum Gasteiger partial charge on any atom is -0.383 e. The summed E-state index contributed by atoms with van der Waals surface area (Å²) in [6.45, 7) is 2.67.